The number of benzene rings is 2. The van der Waals surface area contributed by atoms with Crippen LogP contribution in [0, 0.1) is 11.6 Å². The summed E-state index contributed by atoms with van der Waals surface area (Å²) in [6, 6.07) is 7.78. The molecule has 1 fully saturated rings. The molecule has 0 atom stereocenters. The minimum atomic E-state index is -2.70. The van der Waals surface area contributed by atoms with E-state index >= 15 is 4.39 Å². The summed E-state index contributed by atoms with van der Waals surface area (Å²) in [6.45, 7) is 0.474. The average molecular weight is 433 g/mol. The number of piperidine rings is 1. The summed E-state index contributed by atoms with van der Waals surface area (Å²) >= 11 is 0. The van der Waals surface area contributed by atoms with Gasteiger partial charge < -0.3 is 10.3 Å². The summed E-state index contributed by atoms with van der Waals surface area (Å²) in [5.74, 6) is -4.91. The van der Waals surface area contributed by atoms with Crippen molar-refractivity contribution in [1.82, 2.24) is 9.47 Å². The van der Waals surface area contributed by atoms with Crippen LogP contribution in [0.3, 0.4) is 0 Å². The average Bonchev–Trinajstić information content (AvgIpc) is 2.71. The van der Waals surface area contributed by atoms with Gasteiger partial charge in [0.25, 0.3) is 11.8 Å². The number of pyridine rings is 1. The van der Waals surface area contributed by atoms with E-state index in [0.29, 0.717) is 11.3 Å². The van der Waals surface area contributed by atoms with E-state index < -0.39 is 28.9 Å². The molecule has 0 bridgehead atoms. The second-order valence-corrected chi connectivity index (χ2v) is 7.69. The van der Waals surface area contributed by atoms with Gasteiger partial charge in [-0.2, -0.15) is 0 Å². The SMILES string of the molecule is NC(=O)c1cn(-c2ccc(F)cc2)c2c(F)cc(CN3CCC(F)(F)CC3)cc2c1=O. The Balaban J connectivity index is 1.83. The van der Waals surface area contributed by atoms with Crippen LogP contribution in [-0.4, -0.2) is 34.4 Å². The van der Waals surface area contributed by atoms with Crippen LogP contribution < -0.4 is 11.2 Å². The molecule has 1 aliphatic heterocycles. The number of carbonyl (C=O) groups excluding carboxylic acids is 1. The Labute approximate surface area is 174 Å². The summed E-state index contributed by atoms with van der Waals surface area (Å²) in [5.41, 5.74) is 4.93. The van der Waals surface area contributed by atoms with Crippen molar-refractivity contribution in [1.29, 1.82) is 0 Å². The van der Waals surface area contributed by atoms with Gasteiger partial charge in [-0.3, -0.25) is 14.5 Å². The van der Waals surface area contributed by atoms with Crippen LogP contribution in [0.15, 0.2) is 47.4 Å². The normalized spacial score (nSPS) is 16.5. The summed E-state index contributed by atoms with van der Waals surface area (Å²) in [7, 11) is 0. The van der Waals surface area contributed by atoms with E-state index in [-0.39, 0.29) is 48.9 Å². The maximum atomic E-state index is 15.2. The lowest BCUT2D eigenvalue weighted by atomic mass is 10.0. The molecule has 5 nitrogen and oxygen atoms in total. The second kappa shape index (κ2) is 7.81. The number of amides is 1. The Hall–Kier alpha value is -3.20. The van der Waals surface area contributed by atoms with Gasteiger partial charge in [0.2, 0.25) is 5.43 Å². The van der Waals surface area contributed by atoms with Gasteiger partial charge in [-0.25, -0.2) is 17.6 Å². The molecule has 0 spiro atoms. The number of carbonyl (C=O) groups is 1. The molecule has 2 heterocycles. The van der Waals surface area contributed by atoms with Gasteiger partial charge in [0.1, 0.15) is 17.2 Å². The number of aromatic nitrogens is 1. The molecule has 1 aliphatic rings. The van der Waals surface area contributed by atoms with E-state index in [1.54, 1.807) is 4.90 Å². The number of nitrogens with zero attached hydrogens (tertiary/aromatic N) is 2. The summed E-state index contributed by atoms with van der Waals surface area (Å²) in [4.78, 5) is 26.4. The Morgan fingerprint density at radius 1 is 1.06 bits per heavy atom. The molecular weight excluding hydrogens is 414 g/mol. The Morgan fingerprint density at radius 2 is 1.71 bits per heavy atom. The molecule has 0 aliphatic carbocycles. The van der Waals surface area contributed by atoms with Gasteiger partial charge in [-0.1, -0.05) is 0 Å². The van der Waals surface area contributed by atoms with Crippen molar-refractivity contribution in [3.63, 3.8) is 0 Å². The smallest absolute Gasteiger partial charge is 0.254 e. The van der Waals surface area contributed by atoms with Crippen LogP contribution in [0.4, 0.5) is 17.6 Å². The highest BCUT2D eigenvalue weighted by Crippen LogP contribution is 2.29. The molecule has 1 amide bonds. The minimum absolute atomic E-state index is 0.0713. The molecule has 1 aromatic heterocycles. The van der Waals surface area contributed by atoms with Crippen LogP contribution in [0.1, 0.15) is 28.8 Å². The molecule has 0 saturated carbocycles. The van der Waals surface area contributed by atoms with Gasteiger partial charge in [-0.05, 0) is 42.0 Å². The van der Waals surface area contributed by atoms with E-state index in [1.165, 1.54) is 41.0 Å². The Morgan fingerprint density at radius 3 is 2.32 bits per heavy atom. The van der Waals surface area contributed by atoms with Crippen LogP contribution in [-0.2, 0) is 6.54 Å². The molecule has 2 N–H and O–H groups in total. The number of likely N-dealkylation sites (tertiary alicyclic amines) is 1. The van der Waals surface area contributed by atoms with Crippen LogP contribution in [0.2, 0.25) is 0 Å². The first-order valence-corrected chi connectivity index (χ1v) is 9.68. The van der Waals surface area contributed by atoms with Crippen molar-refractivity contribution in [2.45, 2.75) is 25.3 Å². The molecule has 162 valence electrons. The molecule has 4 rings (SSSR count). The predicted molar refractivity (Wildman–Crippen MR) is 107 cm³/mol. The fourth-order valence-corrected chi connectivity index (χ4v) is 3.84. The van der Waals surface area contributed by atoms with E-state index in [2.05, 4.69) is 0 Å². The van der Waals surface area contributed by atoms with Crippen LogP contribution in [0.25, 0.3) is 16.6 Å². The fourth-order valence-electron chi connectivity index (χ4n) is 3.84. The van der Waals surface area contributed by atoms with Gasteiger partial charge in [0.15, 0.2) is 0 Å². The molecular formula is C22H19F4N3O2. The van der Waals surface area contributed by atoms with E-state index in [9.17, 15) is 22.8 Å². The van der Waals surface area contributed by atoms with Crippen molar-refractivity contribution in [2.75, 3.05) is 13.1 Å². The van der Waals surface area contributed by atoms with E-state index in [4.69, 9.17) is 5.73 Å². The van der Waals surface area contributed by atoms with Gasteiger partial charge in [0.05, 0.1) is 10.9 Å². The molecule has 2 aromatic carbocycles. The second-order valence-electron chi connectivity index (χ2n) is 7.69. The number of hydrogen-bond donors (Lipinski definition) is 1. The lowest BCUT2D eigenvalue weighted by molar-refractivity contribution is -0.0566. The summed E-state index contributed by atoms with van der Waals surface area (Å²) in [5, 5.41) is -0.0713. The van der Waals surface area contributed by atoms with Gasteiger partial charge >= 0.3 is 0 Å². The predicted octanol–water partition coefficient (Wildman–Crippen LogP) is 3.60. The lowest BCUT2D eigenvalue weighted by Gasteiger charge is -2.31. The molecule has 3 aromatic rings. The number of rotatable bonds is 4. The largest absolute Gasteiger partial charge is 0.365 e. The highest BCUT2D eigenvalue weighted by Gasteiger charge is 2.34. The van der Waals surface area contributed by atoms with Crippen molar-refractivity contribution in [2.24, 2.45) is 5.73 Å². The number of alkyl halides is 2. The third-order valence-electron chi connectivity index (χ3n) is 5.48. The minimum Gasteiger partial charge on any atom is -0.365 e. The van der Waals surface area contributed by atoms with E-state index in [1.807, 2.05) is 0 Å². The zero-order valence-corrected chi connectivity index (χ0v) is 16.4. The quantitative estimate of drug-likeness (QED) is 0.640. The summed E-state index contributed by atoms with van der Waals surface area (Å²) < 4.78 is 56.6. The zero-order valence-electron chi connectivity index (χ0n) is 16.4. The van der Waals surface area contributed by atoms with Crippen molar-refractivity contribution in [3.8, 4) is 5.69 Å². The highest BCUT2D eigenvalue weighted by atomic mass is 19.3. The number of nitrogens with two attached hydrogens (primary N) is 1. The van der Waals surface area contributed by atoms with Crippen molar-refractivity contribution >= 4 is 16.8 Å². The first-order valence-electron chi connectivity index (χ1n) is 9.68. The standard InChI is InChI=1S/C22H19F4N3O2/c23-14-1-3-15(4-2-14)29-12-17(21(27)31)20(30)16-9-13(10-18(24)19(16)29)11-28-7-5-22(25,26)6-8-28/h1-4,9-10,12H,5-8,11H2,(H2,27,31). The molecule has 0 radical (unpaired) electrons. The Bertz CT molecular complexity index is 1210. The number of primary amides is 1. The van der Waals surface area contributed by atoms with Crippen molar-refractivity contribution in [3.05, 3.63) is 75.6 Å². The molecule has 9 heteroatoms. The maximum absolute atomic E-state index is 15.2. The molecule has 1 saturated heterocycles. The van der Waals surface area contributed by atoms with Crippen LogP contribution in [0.5, 0.6) is 0 Å². The third-order valence-corrected chi connectivity index (χ3v) is 5.48. The van der Waals surface area contributed by atoms with Crippen molar-refractivity contribution < 1.29 is 22.4 Å². The zero-order chi connectivity index (χ0) is 22.3. The first kappa shape index (κ1) is 21.0. The lowest BCUT2D eigenvalue weighted by Crippen LogP contribution is -2.38. The van der Waals surface area contributed by atoms with Crippen LogP contribution >= 0.6 is 0 Å². The number of halogens is 4. The van der Waals surface area contributed by atoms with Gasteiger partial charge in [-0.15, -0.1) is 0 Å². The monoisotopic (exact) mass is 433 g/mol. The highest BCUT2D eigenvalue weighted by molar-refractivity contribution is 5.96. The Kier molecular flexibility index (Phi) is 5.30. The van der Waals surface area contributed by atoms with E-state index in [0.717, 1.165) is 6.20 Å². The number of fused-ring (bicyclic) bond motifs is 1. The molecule has 31 heavy (non-hydrogen) atoms. The number of hydrogen-bond acceptors (Lipinski definition) is 3. The maximum Gasteiger partial charge on any atom is 0.254 e. The van der Waals surface area contributed by atoms with Gasteiger partial charge in [0, 0.05) is 44.4 Å². The fraction of sp³-hybridized carbons (Fsp3) is 0.273. The molecule has 0 unspecified atom stereocenters. The topological polar surface area (TPSA) is 68.3 Å². The first-order chi connectivity index (χ1) is 14.6. The third kappa shape index (κ3) is 4.18. The summed E-state index contributed by atoms with van der Waals surface area (Å²) in [6.07, 6.45) is 0.564.